The maximum Gasteiger partial charge on any atom is 0.226 e. The van der Waals surface area contributed by atoms with Gasteiger partial charge in [0, 0.05) is 32.1 Å². The Morgan fingerprint density at radius 3 is 2.35 bits per heavy atom. The van der Waals surface area contributed by atoms with E-state index in [-0.39, 0.29) is 24.1 Å². The lowest BCUT2D eigenvalue weighted by Crippen LogP contribution is -2.34. The molecular weight excluding hydrogens is 259 g/mol. The van der Waals surface area contributed by atoms with Crippen molar-refractivity contribution < 1.29 is 14.0 Å². The maximum absolute atomic E-state index is 12.7. The molecule has 0 atom stereocenters. The zero-order valence-corrected chi connectivity index (χ0v) is 12.1. The quantitative estimate of drug-likeness (QED) is 0.871. The smallest absolute Gasteiger partial charge is 0.226 e. The molecule has 0 aliphatic carbocycles. The summed E-state index contributed by atoms with van der Waals surface area (Å²) in [6.07, 6.45) is 0.226. The molecule has 1 N–H and O–H groups in total. The summed E-state index contributed by atoms with van der Waals surface area (Å²) in [6.45, 7) is 6.57. The Balaban J connectivity index is 2.45. The van der Waals surface area contributed by atoms with Gasteiger partial charge in [-0.2, -0.15) is 0 Å². The lowest BCUT2D eigenvalue weighted by atomic mass is 10.2. The van der Waals surface area contributed by atoms with E-state index < -0.39 is 0 Å². The van der Waals surface area contributed by atoms with Crippen molar-refractivity contribution in [1.82, 2.24) is 4.90 Å². The van der Waals surface area contributed by atoms with E-state index in [0.717, 1.165) is 0 Å². The zero-order chi connectivity index (χ0) is 15.1. The van der Waals surface area contributed by atoms with E-state index in [9.17, 15) is 14.0 Å². The number of halogens is 1. The highest BCUT2D eigenvalue weighted by molar-refractivity contribution is 5.91. The third-order valence-electron chi connectivity index (χ3n) is 2.77. The van der Waals surface area contributed by atoms with E-state index in [2.05, 4.69) is 5.32 Å². The molecule has 1 rings (SSSR count). The molecule has 0 aromatic heterocycles. The van der Waals surface area contributed by atoms with Crippen molar-refractivity contribution in [2.45, 2.75) is 27.2 Å². The summed E-state index contributed by atoms with van der Waals surface area (Å²) in [5, 5.41) is 2.67. The van der Waals surface area contributed by atoms with Crippen LogP contribution >= 0.6 is 0 Å². The fourth-order valence-electron chi connectivity index (χ4n) is 1.81. The number of rotatable bonds is 6. The van der Waals surface area contributed by atoms with Crippen molar-refractivity contribution in [3.63, 3.8) is 0 Å². The number of nitrogens with zero attached hydrogens (tertiary/aromatic N) is 1. The number of hydrogen-bond donors (Lipinski definition) is 1. The molecule has 110 valence electrons. The first-order valence-corrected chi connectivity index (χ1v) is 6.69. The van der Waals surface area contributed by atoms with Crippen molar-refractivity contribution in [2.75, 3.05) is 18.4 Å². The van der Waals surface area contributed by atoms with Gasteiger partial charge >= 0.3 is 0 Å². The zero-order valence-electron chi connectivity index (χ0n) is 12.1. The SMILES string of the molecule is CC(=O)N(CCC(=O)Nc1ccc(F)cc1)CC(C)C. The van der Waals surface area contributed by atoms with E-state index >= 15 is 0 Å². The third kappa shape index (κ3) is 5.82. The second-order valence-corrected chi connectivity index (χ2v) is 5.16. The van der Waals surface area contributed by atoms with Crippen LogP contribution in [0, 0.1) is 11.7 Å². The Morgan fingerprint density at radius 2 is 1.85 bits per heavy atom. The van der Waals surface area contributed by atoms with Crippen LogP contribution in [0.3, 0.4) is 0 Å². The highest BCUT2D eigenvalue weighted by Gasteiger charge is 2.12. The fourth-order valence-corrected chi connectivity index (χ4v) is 1.81. The van der Waals surface area contributed by atoms with E-state index in [1.807, 2.05) is 13.8 Å². The van der Waals surface area contributed by atoms with Gasteiger partial charge in [0.05, 0.1) is 0 Å². The average Bonchev–Trinajstić information content (AvgIpc) is 2.36. The van der Waals surface area contributed by atoms with Crippen molar-refractivity contribution in [2.24, 2.45) is 5.92 Å². The van der Waals surface area contributed by atoms with Crippen molar-refractivity contribution in [3.8, 4) is 0 Å². The molecule has 0 aliphatic heterocycles. The highest BCUT2D eigenvalue weighted by Crippen LogP contribution is 2.09. The minimum Gasteiger partial charge on any atom is -0.342 e. The number of anilines is 1. The predicted molar refractivity (Wildman–Crippen MR) is 76.7 cm³/mol. The maximum atomic E-state index is 12.7. The summed E-state index contributed by atoms with van der Waals surface area (Å²) in [5.41, 5.74) is 0.551. The summed E-state index contributed by atoms with van der Waals surface area (Å²) >= 11 is 0. The molecule has 0 aliphatic rings. The topological polar surface area (TPSA) is 49.4 Å². The van der Waals surface area contributed by atoms with Gasteiger partial charge in [0.25, 0.3) is 0 Å². The average molecular weight is 280 g/mol. The number of carbonyl (C=O) groups excluding carboxylic acids is 2. The van der Waals surface area contributed by atoms with Crippen LogP contribution in [-0.2, 0) is 9.59 Å². The second kappa shape index (κ2) is 7.62. The Labute approximate surface area is 119 Å². The molecule has 4 nitrogen and oxygen atoms in total. The number of carbonyl (C=O) groups is 2. The van der Waals surface area contributed by atoms with Gasteiger partial charge in [0.2, 0.25) is 11.8 Å². The highest BCUT2D eigenvalue weighted by atomic mass is 19.1. The van der Waals surface area contributed by atoms with Crippen LogP contribution in [0.5, 0.6) is 0 Å². The van der Waals surface area contributed by atoms with Gasteiger partial charge in [-0.1, -0.05) is 13.8 Å². The van der Waals surface area contributed by atoms with Gasteiger partial charge in [0.15, 0.2) is 0 Å². The predicted octanol–water partition coefficient (Wildman–Crippen LogP) is 2.66. The fraction of sp³-hybridized carbons (Fsp3) is 0.467. The summed E-state index contributed by atoms with van der Waals surface area (Å²) in [7, 11) is 0. The Hall–Kier alpha value is -1.91. The first kappa shape index (κ1) is 16.1. The molecule has 0 radical (unpaired) electrons. The standard InChI is InChI=1S/C15H21FN2O2/c1-11(2)10-18(12(3)19)9-8-15(20)17-14-6-4-13(16)5-7-14/h4-7,11H,8-10H2,1-3H3,(H,17,20). The molecule has 0 saturated heterocycles. The minimum absolute atomic E-state index is 0.0340. The van der Waals surface area contributed by atoms with Crippen LogP contribution in [-0.4, -0.2) is 29.8 Å². The molecule has 0 spiro atoms. The van der Waals surface area contributed by atoms with E-state index in [4.69, 9.17) is 0 Å². The van der Waals surface area contributed by atoms with Gasteiger partial charge in [-0.3, -0.25) is 9.59 Å². The molecule has 0 heterocycles. The summed E-state index contributed by atoms with van der Waals surface area (Å²) in [6, 6.07) is 5.58. The van der Waals surface area contributed by atoms with Gasteiger partial charge in [-0.15, -0.1) is 0 Å². The molecule has 5 heteroatoms. The Morgan fingerprint density at radius 1 is 1.25 bits per heavy atom. The first-order chi connectivity index (χ1) is 9.38. The van der Waals surface area contributed by atoms with Crippen molar-refractivity contribution in [3.05, 3.63) is 30.1 Å². The summed E-state index contributed by atoms with van der Waals surface area (Å²) in [4.78, 5) is 24.9. The largest absolute Gasteiger partial charge is 0.342 e. The molecule has 0 unspecified atom stereocenters. The monoisotopic (exact) mass is 280 g/mol. The summed E-state index contributed by atoms with van der Waals surface area (Å²) in [5.74, 6) is -0.207. The van der Waals surface area contributed by atoms with Gasteiger partial charge in [0.1, 0.15) is 5.82 Å². The van der Waals surface area contributed by atoms with Gasteiger partial charge in [-0.05, 0) is 30.2 Å². The lowest BCUT2D eigenvalue weighted by molar-refractivity contribution is -0.129. The van der Waals surface area contributed by atoms with Crippen LogP contribution in [0.4, 0.5) is 10.1 Å². The molecule has 0 bridgehead atoms. The van der Waals surface area contributed by atoms with Crippen LogP contribution in [0.2, 0.25) is 0 Å². The van der Waals surface area contributed by atoms with Crippen molar-refractivity contribution >= 4 is 17.5 Å². The second-order valence-electron chi connectivity index (χ2n) is 5.16. The van der Waals surface area contributed by atoms with E-state index in [1.165, 1.54) is 31.2 Å². The van der Waals surface area contributed by atoms with Gasteiger partial charge in [-0.25, -0.2) is 4.39 Å². The molecule has 0 fully saturated rings. The number of hydrogen-bond acceptors (Lipinski definition) is 2. The van der Waals surface area contributed by atoms with Crippen LogP contribution in [0.25, 0.3) is 0 Å². The van der Waals surface area contributed by atoms with Gasteiger partial charge < -0.3 is 10.2 Å². The van der Waals surface area contributed by atoms with Crippen LogP contribution in [0.1, 0.15) is 27.2 Å². The first-order valence-electron chi connectivity index (χ1n) is 6.69. The Bertz CT molecular complexity index is 457. The lowest BCUT2D eigenvalue weighted by Gasteiger charge is -2.22. The van der Waals surface area contributed by atoms with Crippen LogP contribution < -0.4 is 5.32 Å². The van der Waals surface area contributed by atoms with Crippen LogP contribution in [0.15, 0.2) is 24.3 Å². The molecule has 0 saturated carbocycles. The normalized spacial score (nSPS) is 10.4. The van der Waals surface area contributed by atoms with E-state index in [0.29, 0.717) is 24.7 Å². The number of amides is 2. The molecule has 20 heavy (non-hydrogen) atoms. The molecule has 2 amide bonds. The third-order valence-corrected chi connectivity index (χ3v) is 2.77. The minimum atomic E-state index is -0.345. The number of benzene rings is 1. The molecule has 1 aromatic rings. The molecule has 1 aromatic carbocycles. The van der Waals surface area contributed by atoms with Crippen molar-refractivity contribution in [1.29, 1.82) is 0 Å². The number of nitrogens with one attached hydrogen (secondary N) is 1. The van der Waals surface area contributed by atoms with E-state index in [1.54, 1.807) is 4.90 Å². The summed E-state index contributed by atoms with van der Waals surface area (Å²) < 4.78 is 12.7. The Kier molecular flexibility index (Phi) is 6.15. The molecular formula is C15H21FN2O2.